The fourth-order valence-electron chi connectivity index (χ4n) is 1.76. The van der Waals surface area contributed by atoms with Crippen molar-refractivity contribution in [2.45, 2.75) is 52.6 Å². The van der Waals surface area contributed by atoms with E-state index in [1.165, 1.54) is 0 Å². The molecule has 2 atom stereocenters. The molecule has 0 N–H and O–H groups in total. The van der Waals surface area contributed by atoms with Gasteiger partial charge in [-0.25, -0.2) is 0 Å². The summed E-state index contributed by atoms with van der Waals surface area (Å²) in [7, 11) is 0. The predicted molar refractivity (Wildman–Crippen MR) is 64.4 cm³/mol. The average Bonchev–Trinajstić information content (AvgIpc) is 2.81. The van der Waals surface area contributed by atoms with Gasteiger partial charge in [0.25, 0.3) is 5.91 Å². The Hall–Kier alpha value is -1.25. The molecule has 0 aromatic carbocycles. The van der Waals surface area contributed by atoms with Crippen LogP contribution in [0.2, 0.25) is 0 Å². The van der Waals surface area contributed by atoms with E-state index in [1.807, 2.05) is 4.90 Å². The molecular formula is C13H21NO2. The van der Waals surface area contributed by atoms with Gasteiger partial charge in [-0.05, 0) is 38.8 Å². The van der Waals surface area contributed by atoms with E-state index >= 15 is 0 Å². The first-order valence-electron chi connectivity index (χ1n) is 5.97. The zero-order valence-electron chi connectivity index (χ0n) is 10.6. The van der Waals surface area contributed by atoms with Crippen molar-refractivity contribution < 1.29 is 9.21 Å². The third-order valence-electron chi connectivity index (χ3n) is 3.10. The standard InChI is InChI=1S/C13H21NO2/c1-5-10(3)14(11(4)6-2)13(15)12-8-7-9-16-12/h7-11H,5-6H2,1-4H3/t10-,11-/m0/s1. The van der Waals surface area contributed by atoms with Crippen LogP contribution in [-0.2, 0) is 0 Å². The minimum absolute atomic E-state index is 0.00583. The van der Waals surface area contributed by atoms with Crippen LogP contribution in [0.5, 0.6) is 0 Å². The third kappa shape index (κ3) is 2.65. The molecule has 0 bridgehead atoms. The number of hydrogen-bond acceptors (Lipinski definition) is 2. The van der Waals surface area contributed by atoms with Crippen molar-refractivity contribution in [3.63, 3.8) is 0 Å². The molecular weight excluding hydrogens is 202 g/mol. The molecule has 0 fully saturated rings. The SMILES string of the molecule is CC[C@H](C)N(C(=O)c1ccco1)[C@@H](C)CC. The Kier molecular flexibility index (Phi) is 4.59. The van der Waals surface area contributed by atoms with Crippen LogP contribution in [-0.4, -0.2) is 22.9 Å². The topological polar surface area (TPSA) is 33.5 Å². The highest BCUT2D eigenvalue weighted by atomic mass is 16.3. The van der Waals surface area contributed by atoms with Gasteiger partial charge in [0.1, 0.15) is 0 Å². The molecule has 0 saturated carbocycles. The summed E-state index contributed by atoms with van der Waals surface area (Å²) in [6.45, 7) is 8.34. The maximum Gasteiger partial charge on any atom is 0.290 e. The molecule has 0 unspecified atom stereocenters. The Morgan fingerprint density at radius 2 is 1.88 bits per heavy atom. The molecule has 16 heavy (non-hydrogen) atoms. The molecule has 0 saturated heterocycles. The molecule has 1 aromatic heterocycles. The van der Waals surface area contributed by atoms with Crippen molar-refractivity contribution in [2.24, 2.45) is 0 Å². The van der Waals surface area contributed by atoms with Crippen molar-refractivity contribution in [3.05, 3.63) is 24.2 Å². The second-order valence-electron chi connectivity index (χ2n) is 4.20. The normalized spacial score (nSPS) is 14.5. The molecule has 0 aliphatic carbocycles. The van der Waals surface area contributed by atoms with Gasteiger partial charge in [0.15, 0.2) is 5.76 Å². The summed E-state index contributed by atoms with van der Waals surface area (Å²) >= 11 is 0. The minimum Gasteiger partial charge on any atom is -0.459 e. The highest BCUT2D eigenvalue weighted by Gasteiger charge is 2.26. The van der Waals surface area contributed by atoms with Gasteiger partial charge in [0.05, 0.1) is 6.26 Å². The maximum absolute atomic E-state index is 12.2. The quantitative estimate of drug-likeness (QED) is 0.767. The van der Waals surface area contributed by atoms with Crippen LogP contribution in [0.15, 0.2) is 22.8 Å². The smallest absolute Gasteiger partial charge is 0.290 e. The first kappa shape index (κ1) is 12.8. The molecule has 3 nitrogen and oxygen atoms in total. The number of carbonyl (C=O) groups excluding carboxylic acids is 1. The third-order valence-corrected chi connectivity index (χ3v) is 3.10. The van der Waals surface area contributed by atoms with E-state index in [0.29, 0.717) is 5.76 Å². The van der Waals surface area contributed by atoms with Gasteiger partial charge in [-0.15, -0.1) is 0 Å². The number of amides is 1. The molecule has 0 aliphatic heterocycles. The number of hydrogen-bond donors (Lipinski definition) is 0. The molecule has 1 aromatic rings. The summed E-state index contributed by atoms with van der Waals surface area (Å²) in [5, 5.41) is 0. The highest BCUT2D eigenvalue weighted by molar-refractivity contribution is 5.91. The minimum atomic E-state index is -0.00583. The number of nitrogens with zero attached hydrogens (tertiary/aromatic N) is 1. The van der Waals surface area contributed by atoms with Gasteiger partial charge in [0.2, 0.25) is 0 Å². The van der Waals surface area contributed by atoms with Gasteiger partial charge < -0.3 is 9.32 Å². The molecule has 0 aliphatic rings. The van der Waals surface area contributed by atoms with Crippen LogP contribution in [0.1, 0.15) is 51.1 Å². The van der Waals surface area contributed by atoms with E-state index in [1.54, 1.807) is 18.4 Å². The molecule has 0 spiro atoms. The lowest BCUT2D eigenvalue weighted by molar-refractivity contribution is 0.0565. The first-order chi connectivity index (χ1) is 7.61. The first-order valence-corrected chi connectivity index (χ1v) is 5.97. The molecule has 1 rings (SSSR count). The second kappa shape index (κ2) is 5.73. The molecule has 3 heteroatoms. The van der Waals surface area contributed by atoms with E-state index in [-0.39, 0.29) is 18.0 Å². The Bertz CT molecular complexity index is 309. The number of carbonyl (C=O) groups is 1. The fraction of sp³-hybridized carbons (Fsp3) is 0.615. The van der Waals surface area contributed by atoms with Crippen molar-refractivity contribution >= 4 is 5.91 Å². The molecule has 90 valence electrons. The summed E-state index contributed by atoms with van der Waals surface area (Å²) in [5.74, 6) is 0.425. The Labute approximate surface area is 97.4 Å². The Balaban J connectivity index is 2.88. The lowest BCUT2D eigenvalue weighted by Gasteiger charge is -2.33. The van der Waals surface area contributed by atoms with E-state index in [0.717, 1.165) is 12.8 Å². The Morgan fingerprint density at radius 1 is 1.31 bits per heavy atom. The summed E-state index contributed by atoms with van der Waals surface area (Å²) < 4.78 is 5.17. The second-order valence-corrected chi connectivity index (χ2v) is 4.20. The van der Waals surface area contributed by atoms with Crippen LogP contribution >= 0.6 is 0 Å². The largest absolute Gasteiger partial charge is 0.459 e. The van der Waals surface area contributed by atoms with Gasteiger partial charge >= 0.3 is 0 Å². The van der Waals surface area contributed by atoms with E-state index < -0.39 is 0 Å². The zero-order valence-corrected chi connectivity index (χ0v) is 10.6. The van der Waals surface area contributed by atoms with Crippen LogP contribution < -0.4 is 0 Å². The van der Waals surface area contributed by atoms with E-state index in [2.05, 4.69) is 27.7 Å². The number of rotatable bonds is 5. The van der Waals surface area contributed by atoms with E-state index in [9.17, 15) is 4.79 Å². The molecule has 1 heterocycles. The van der Waals surface area contributed by atoms with Crippen molar-refractivity contribution in [1.82, 2.24) is 4.90 Å². The molecule has 0 radical (unpaired) electrons. The van der Waals surface area contributed by atoms with Gasteiger partial charge in [-0.3, -0.25) is 4.79 Å². The summed E-state index contributed by atoms with van der Waals surface area (Å²) in [5.41, 5.74) is 0. The summed E-state index contributed by atoms with van der Waals surface area (Å²) in [4.78, 5) is 14.2. The fourth-order valence-corrected chi connectivity index (χ4v) is 1.76. The van der Waals surface area contributed by atoms with E-state index in [4.69, 9.17) is 4.42 Å². The summed E-state index contributed by atoms with van der Waals surface area (Å²) in [6.07, 6.45) is 3.45. The van der Waals surface area contributed by atoms with Crippen LogP contribution in [0, 0.1) is 0 Å². The van der Waals surface area contributed by atoms with Gasteiger partial charge in [0, 0.05) is 12.1 Å². The summed E-state index contributed by atoms with van der Waals surface area (Å²) in [6, 6.07) is 3.96. The lowest BCUT2D eigenvalue weighted by atomic mass is 10.1. The Morgan fingerprint density at radius 3 is 2.25 bits per heavy atom. The van der Waals surface area contributed by atoms with Crippen molar-refractivity contribution in [1.29, 1.82) is 0 Å². The van der Waals surface area contributed by atoms with Crippen LogP contribution in [0.25, 0.3) is 0 Å². The van der Waals surface area contributed by atoms with Gasteiger partial charge in [-0.1, -0.05) is 13.8 Å². The van der Waals surface area contributed by atoms with Crippen molar-refractivity contribution in [3.8, 4) is 0 Å². The van der Waals surface area contributed by atoms with Crippen LogP contribution in [0.3, 0.4) is 0 Å². The number of furan rings is 1. The monoisotopic (exact) mass is 223 g/mol. The zero-order chi connectivity index (χ0) is 12.1. The lowest BCUT2D eigenvalue weighted by Crippen LogP contribution is -2.44. The average molecular weight is 223 g/mol. The maximum atomic E-state index is 12.2. The van der Waals surface area contributed by atoms with Gasteiger partial charge in [-0.2, -0.15) is 0 Å². The predicted octanol–water partition coefficient (Wildman–Crippen LogP) is 3.32. The highest BCUT2D eigenvalue weighted by Crippen LogP contribution is 2.16. The van der Waals surface area contributed by atoms with Crippen LogP contribution in [0.4, 0.5) is 0 Å². The van der Waals surface area contributed by atoms with Crippen molar-refractivity contribution in [2.75, 3.05) is 0 Å². The molecule has 1 amide bonds.